The van der Waals surface area contributed by atoms with Gasteiger partial charge in [0.25, 0.3) is 0 Å². The van der Waals surface area contributed by atoms with E-state index in [1.807, 2.05) is 43.3 Å². The summed E-state index contributed by atoms with van der Waals surface area (Å²) < 4.78 is 0. The molecule has 0 radical (unpaired) electrons. The molecule has 1 saturated heterocycles. The van der Waals surface area contributed by atoms with Gasteiger partial charge >= 0.3 is 0 Å². The van der Waals surface area contributed by atoms with Gasteiger partial charge in [-0.05, 0) is 48.5 Å². The lowest BCUT2D eigenvalue weighted by molar-refractivity contribution is -0.125. The van der Waals surface area contributed by atoms with Crippen molar-refractivity contribution in [1.29, 1.82) is 0 Å². The molecular weight excluding hydrogens is 417 g/mol. The van der Waals surface area contributed by atoms with Crippen LogP contribution in [0.3, 0.4) is 0 Å². The average Bonchev–Trinajstić information content (AvgIpc) is 2.74. The van der Waals surface area contributed by atoms with E-state index in [0.717, 1.165) is 31.1 Å². The molecule has 30 heavy (non-hydrogen) atoms. The molecule has 1 aliphatic heterocycles. The van der Waals surface area contributed by atoms with Gasteiger partial charge in [-0.25, -0.2) is 0 Å². The zero-order valence-electron chi connectivity index (χ0n) is 17.9. The SMILES string of the molecule is CC1CCN(Cc2ccccc2CNC(=O)C(C)C(N)c2ccccc2)CC1.Cl.Cl. The number of nitrogens with one attached hydrogen (secondary N) is 1. The van der Waals surface area contributed by atoms with Crippen molar-refractivity contribution in [3.8, 4) is 0 Å². The van der Waals surface area contributed by atoms with E-state index in [1.165, 1.54) is 24.0 Å². The van der Waals surface area contributed by atoms with Gasteiger partial charge in [0, 0.05) is 19.1 Å². The van der Waals surface area contributed by atoms with E-state index in [4.69, 9.17) is 5.73 Å². The molecule has 4 nitrogen and oxygen atoms in total. The number of amides is 1. The average molecular weight is 452 g/mol. The van der Waals surface area contributed by atoms with Crippen LogP contribution < -0.4 is 11.1 Å². The number of rotatable bonds is 7. The number of hydrogen-bond donors (Lipinski definition) is 2. The minimum Gasteiger partial charge on any atom is -0.352 e. The Morgan fingerprint density at radius 2 is 1.60 bits per heavy atom. The largest absolute Gasteiger partial charge is 0.352 e. The molecule has 0 aromatic heterocycles. The van der Waals surface area contributed by atoms with Crippen molar-refractivity contribution in [1.82, 2.24) is 10.2 Å². The lowest BCUT2D eigenvalue weighted by Crippen LogP contribution is -2.36. The van der Waals surface area contributed by atoms with E-state index < -0.39 is 0 Å². The first-order chi connectivity index (χ1) is 13.5. The third kappa shape index (κ3) is 7.28. The van der Waals surface area contributed by atoms with E-state index in [0.29, 0.717) is 6.54 Å². The Kier molecular flexibility index (Phi) is 11.4. The lowest BCUT2D eigenvalue weighted by atomic mass is 9.94. The highest BCUT2D eigenvalue weighted by Crippen LogP contribution is 2.21. The first-order valence-corrected chi connectivity index (χ1v) is 10.4. The normalized spacial score (nSPS) is 16.6. The van der Waals surface area contributed by atoms with Gasteiger partial charge in [0.15, 0.2) is 0 Å². The zero-order chi connectivity index (χ0) is 19.9. The molecule has 1 fully saturated rings. The summed E-state index contributed by atoms with van der Waals surface area (Å²) in [5.74, 6) is 0.553. The summed E-state index contributed by atoms with van der Waals surface area (Å²) in [4.78, 5) is 15.2. The van der Waals surface area contributed by atoms with Crippen molar-refractivity contribution in [3.05, 3.63) is 71.3 Å². The lowest BCUT2D eigenvalue weighted by Gasteiger charge is -2.30. The van der Waals surface area contributed by atoms with Gasteiger partial charge in [0.2, 0.25) is 5.91 Å². The van der Waals surface area contributed by atoms with Gasteiger partial charge in [0.05, 0.1) is 5.92 Å². The van der Waals surface area contributed by atoms with Gasteiger partial charge in [0.1, 0.15) is 0 Å². The fourth-order valence-electron chi connectivity index (χ4n) is 3.82. The highest BCUT2D eigenvalue weighted by Gasteiger charge is 2.22. The second-order valence-electron chi connectivity index (χ2n) is 8.17. The van der Waals surface area contributed by atoms with Crippen LogP contribution in [0.5, 0.6) is 0 Å². The Morgan fingerprint density at radius 1 is 1.03 bits per heavy atom. The number of carbonyl (C=O) groups is 1. The fourth-order valence-corrected chi connectivity index (χ4v) is 3.82. The Labute approximate surface area is 193 Å². The number of carbonyl (C=O) groups excluding carboxylic acids is 1. The van der Waals surface area contributed by atoms with E-state index in [2.05, 4.69) is 35.3 Å². The molecule has 1 amide bonds. The first kappa shape index (κ1) is 26.4. The molecule has 3 N–H and O–H groups in total. The molecule has 3 rings (SSSR count). The van der Waals surface area contributed by atoms with Crippen molar-refractivity contribution in [3.63, 3.8) is 0 Å². The van der Waals surface area contributed by atoms with Crippen molar-refractivity contribution in [2.24, 2.45) is 17.6 Å². The van der Waals surface area contributed by atoms with E-state index in [1.54, 1.807) is 0 Å². The second-order valence-corrected chi connectivity index (χ2v) is 8.17. The number of benzene rings is 2. The van der Waals surface area contributed by atoms with E-state index in [-0.39, 0.29) is 42.7 Å². The molecule has 2 unspecified atom stereocenters. The fraction of sp³-hybridized carbons (Fsp3) is 0.458. The van der Waals surface area contributed by atoms with Crippen LogP contribution in [-0.2, 0) is 17.9 Å². The molecule has 2 aromatic rings. The Hall–Kier alpha value is -1.59. The molecule has 1 aliphatic rings. The number of piperidine rings is 1. The van der Waals surface area contributed by atoms with E-state index >= 15 is 0 Å². The summed E-state index contributed by atoms with van der Waals surface area (Å²) in [5.41, 5.74) is 9.79. The summed E-state index contributed by atoms with van der Waals surface area (Å²) >= 11 is 0. The summed E-state index contributed by atoms with van der Waals surface area (Å²) in [6.07, 6.45) is 2.54. The van der Waals surface area contributed by atoms with E-state index in [9.17, 15) is 4.79 Å². The first-order valence-electron chi connectivity index (χ1n) is 10.4. The quantitative estimate of drug-likeness (QED) is 0.640. The predicted octanol–water partition coefficient (Wildman–Crippen LogP) is 4.71. The zero-order valence-corrected chi connectivity index (χ0v) is 19.6. The highest BCUT2D eigenvalue weighted by molar-refractivity contribution is 5.85. The molecule has 0 aliphatic carbocycles. The van der Waals surface area contributed by atoms with Gasteiger partial charge in [-0.3, -0.25) is 9.69 Å². The molecule has 1 heterocycles. The van der Waals surface area contributed by atoms with Crippen molar-refractivity contribution < 1.29 is 4.79 Å². The topological polar surface area (TPSA) is 58.4 Å². The maximum Gasteiger partial charge on any atom is 0.225 e. The van der Waals surface area contributed by atoms with Crippen LogP contribution in [-0.4, -0.2) is 23.9 Å². The number of nitrogens with zero attached hydrogens (tertiary/aromatic N) is 1. The number of hydrogen-bond acceptors (Lipinski definition) is 3. The molecule has 2 aromatic carbocycles. The van der Waals surface area contributed by atoms with Crippen LogP contribution in [0, 0.1) is 11.8 Å². The third-order valence-electron chi connectivity index (χ3n) is 5.98. The van der Waals surface area contributed by atoms with Crippen molar-refractivity contribution in [2.45, 2.75) is 45.8 Å². The van der Waals surface area contributed by atoms with Crippen LogP contribution in [0.15, 0.2) is 54.6 Å². The van der Waals surface area contributed by atoms with Gasteiger partial charge in [-0.1, -0.05) is 68.4 Å². The standard InChI is InChI=1S/C24H33N3O.2ClH/c1-18-12-14-27(15-13-18)17-22-11-7-6-10-21(22)16-26-24(28)19(2)23(25)20-8-4-3-5-9-20;;/h3-11,18-19,23H,12-17,25H2,1-2H3,(H,26,28);2*1H. The van der Waals surface area contributed by atoms with Crippen LogP contribution in [0.4, 0.5) is 0 Å². The maximum atomic E-state index is 12.7. The van der Waals surface area contributed by atoms with Crippen LogP contribution >= 0.6 is 24.8 Å². The smallest absolute Gasteiger partial charge is 0.225 e. The molecule has 0 bridgehead atoms. The Balaban J connectivity index is 0.00000225. The van der Waals surface area contributed by atoms with Crippen LogP contribution in [0.25, 0.3) is 0 Å². The summed E-state index contributed by atoms with van der Waals surface area (Å²) in [7, 11) is 0. The molecule has 6 heteroatoms. The van der Waals surface area contributed by atoms with Crippen molar-refractivity contribution in [2.75, 3.05) is 13.1 Å². The number of halogens is 2. The van der Waals surface area contributed by atoms with Crippen LogP contribution in [0.1, 0.15) is 49.4 Å². The summed E-state index contributed by atoms with van der Waals surface area (Å²) in [5, 5.41) is 3.10. The van der Waals surface area contributed by atoms with Crippen LogP contribution in [0.2, 0.25) is 0 Å². The number of nitrogens with two attached hydrogens (primary N) is 1. The van der Waals surface area contributed by atoms with Crippen molar-refractivity contribution >= 4 is 30.7 Å². The highest BCUT2D eigenvalue weighted by atomic mass is 35.5. The molecule has 2 atom stereocenters. The second kappa shape index (κ2) is 13.0. The Morgan fingerprint density at radius 3 is 2.23 bits per heavy atom. The monoisotopic (exact) mass is 451 g/mol. The Bertz CT molecular complexity index is 764. The maximum absolute atomic E-state index is 12.7. The molecule has 0 saturated carbocycles. The van der Waals surface area contributed by atoms with Gasteiger partial charge < -0.3 is 11.1 Å². The minimum atomic E-state index is -0.299. The molecular formula is C24H35Cl2N3O. The predicted molar refractivity (Wildman–Crippen MR) is 129 cm³/mol. The summed E-state index contributed by atoms with van der Waals surface area (Å²) in [6, 6.07) is 17.9. The summed E-state index contributed by atoms with van der Waals surface area (Å²) in [6.45, 7) is 8.05. The van der Waals surface area contributed by atoms with Gasteiger partial charge in [-0.2, -0.15) is 0 Å². The third-order valence-corrected chi connectivity index (χ3v) is 5.98. The minimum absolute atomic E-state index is 0. The molecule has 0 spiro atoms. The number of likely N-dealkylation sites (tertiary alicyclic amines) is 1. The van der Waals surface area contributed by atoms with Gasteiger partial charge in [-0.15, -0.1) is 24.8 Å². The molecule has 166 valence electrons.